The largest absolute Gasteiger partial charge is 0.497 e. The lowest BCUT2D eigenvalue weighted by Crippen LogP contribution is -2.09. The molecule has 0 radical (unpaired) electrons. The molecule has 1 N–H and O–H groups in total. The lowest BCUT2D eigenvalue weighted by molar-refractivity contribution is 0.415. The van der Waals surface area contributed by atoms with Gasteiger partial charge in [-0.2, -0.15) is 0 Å². The van der Waals surface area contributed by atoms with Crippen LogP contribution in [-0.4, -0.2) is 7.11 Å². The van der Waals surface area contributed by atoms with Crippen LogP contribution in [0.3, 0.4) is 0 Å². The number of allylic oxidation sites excluding steroid dienone is 2. The highest BCUT2D eigenvalue weighted by atomic mass is 16.5. The van der Waals surface area contributed by atoms with E-state index in [1.165, 1.54) is 27.5 Å². The van der Waals surface area contributed by atoms with Gasteiger partial charge in [-0.1, -0.05) is 102 Å². The van der Waals surface area contributed by atoms with Crippen LogP contribution >= 0.6 is 0 Å². The Morgan fingerprint density at radius 1 is 0.545 bits per heavy atom. The lowest BCUT2D eigenvalue weighted by Gasteiger charge is -2.25. The summed E-state index contributed by atoms with van der Waals surface area (Å²) in [7, 11) is 1.68. The van der Waals surface area contributed by atoms with E-state index in [0.717, 1.165) is 39.7 Å². The van der Waals surface area contributed by atoms with Crippen LogP contribution in [-0.2, 0) is 0 Å². The van der Waals surface area contributed by atoms with Gasteiger partial charge in [-0.05, 0) is 97.1 Å². The van der Waals surface area contributed by atoms with Crippen LogP contribution in [0.2, 0.25) is 0 Å². The van der Waals surface area contributed by atoms with Crippen molar-refractivity contribution < 1.29 is 4.74 Å². The van der Waals surface area contributed by atoms with E-state index in [1.54, 1.807) is 7.11 Å². The van der Waals surface area contributed by atoms with Gasteiger partial charge in [0, 0.05) is 33.8 Å². The number of benzene rings is 6. The zero-order chi connectivity index (χ0) is 30.3. The van der Waals surface area contributed by atoms with Crippen molar-refractivity contribution >= 4 is 51.4 Å². The van der Waals surface area contributed by atoms with Crippen LogP contribution in [0.15, 0.2) is 146 Å². The third-order valence-corrected chi connectivity index (χ3v) is 7.74. The number of rotatable bonds is 9. The Bertz CT molecular complexity index is 1860. The molecule has 0 bridgehead atoms. The quantitative estimate of drug-likeness (QED) is 0.174. The average Bonchev–Trinajstić information content (AvgIpc) is 3.07. The fourth-order valence-electron chi connectivity index (χ4n) is 5.30. The zero-order valence-electron chi connectivity index (χ0n) is 25.4. The van der Waals surface area contributed by atoms with Crippen LogP contribution in [0, 0.1) is 13.8 Å². The van der Waals surface area contributed by atoms with E-state index in [4.69, 9.17) is 4.74 Å². The number of ether oxygens (including phenoxy) is 1. The fourth-order valence-corrected chi connectivity index (χ4v) is 5.30. The summed E-state index contributed by atoms with van der Waals surface area (Å²) in [6, 6.07) is 46.9. The maximum atomic E-state index is 5.29. The van der Waals surface area contributed by atoms with Crippen molar-refractivity contribution in [2.45, 2.75) is 13.8 Å². The highest BCUT2D eigenvalue weighted by molar-refractivity contribution is 6.00. The van der Waals surface area contributed by atoms with Crippen LogP contribution in [0.1, 0.15) is 22.3 Å². The van der Waals surface area contributed by atoms with Crippen molar-refractivity contribution in [3.8, 4) is 5.75 Å². The zero-order valence-corrected chi connectivity index (χ0v) is 25.4. The number of nitrogens with zero attached hydrogens (tertiary/aromatic N) is 1. The highest BCUT2D eigenvalue weighted by Gasteiger charge is 2.12. The summed E-state index contributed by atoms with van der Waals surface area (Å²) in [5.74, 6) is 0.844. The fraction of sp³-hybridized carbons (Fsp3) is 0.0732. The molecule has 3 heteroatoms. The number of nitrogens with one attached hydrogen (secondary N) is 1. The molecule has 6 rings (SSSR count). The second-order valence-corrected chi connectivity index (χ2v) is 10.9. The molecule has 0 atom stereocenters. The summed E-state index contributed by atoms with van der Waals surface area (Å²) >= 11 is 0. The van der Waals surface area contributed by atoms with Crippen LogP contribution in [0.5, 0.6) is 5.75 Å². The number of aryl methyl sites for hydroxylation is 2. The molecule has 0 aliphatic carbocycles. The Morgan fingerprint density at radius 2 is 1.09 bits per heavy atom. The summed E-state index contributed by atoms with van der Waals surface area (Å²) in [6.45, 7) is 4.24. The molecular weight excluding hydrogens is 536 g/mol. The van der Waals surface area contributed by atoms with Crippen molar-refractivity contribution in [3.05, 3.63) is 168 Å². The van der Waals surface area contributed by atoms with Gasteiger partial charge in [0.15, 0.2) is 0 Å². The summed E-state index contributed by atoms with van der Waals surface area (Å²) in [5.41, 5.74) is 10.3. The Hall–Kier alpha value is -5.54. The minimum absolute atomic E-state index is 0.844. The van der Waals surface area contributed by atoms with Gasteiger partial charge in [0.2, 0.25) is 0 Å². The number of hydrogen-bond acceptors (Lipinski definition) is 3. The minimum Gasteiger partial charge on any atom is -0.497 e. The molecule has 0 saturated heterocycles. The predicted octanol–water partition coefficient (Wildman–Crippen LogP) is 11.4. The van der Waals surface area contributed by atoms with Gasteiger partial charge in [0.05, 0.1) is 7.11 Å². The van der Waals surface area contributed by atoms with Crippen molar-refractivity contribution in [1.82, 2.24) is 0 Å². The van der Waals surface area contributed by atoms with Gasteiger partial charge in [-0.15, -0.1) is 0 Å². The molecule has 3 nitrogen and oxygen atoms in total. The normalized spacial score (nSPS) is 11.3. The molecule has 0 spiro atoms. The van der Waals surface area contributed by atoms with Gasteiger partial charge in [-0.3, -0.25) is 0 Å². The standard InChI is InChI=1S/C41H36N2O/c1-30-12-21-35(22-13-30)43(36-23-14-31(2)15-24-36)37-25-16-32(17-26-37)8-4-5-9-33-18-29-41(40-11-7-6-10-39(33)40)42-34-19-27-38(44-3)28-20-34/h4-29,42H,1-3H3/b8-4+,9-5+. The second-order valence-electron chi connectivity index (χ2n) is 10.9. The van der Waals surface area contributed by atoms with Crippen molar-refractivity contribution in [2.24, 2.45) is 0 Å². The molecule has 6 aromatic carbocycles. The van der Waals surface area contributed by atoms with Gasteiger partial charge < -0.3 is 15.0 Å². The van der Waals surface area contributed by atoms with E-state index in [9.17, 15) is 0 Å². The van der Waals surface area contributed by atoms with Gasteiger partial charge >= 0.3 is 0 Å². The molecule has 0 heterocycles. The van der Waals surface area contributed by atoms with E-state index in [0.29, 0.717) is 0 Å². The molecular formula is C41H36N2O. The van der Waals surface area contributed by atoms with Crippen molar-refractivity contribution in [3.63, 3.8) is 0 Å². The summed E-state index contributed by atoms with van der Waals surface area (Å²) in [4.78, 5) is 2.30. The molecule has 0 fully saturated rings. The first kappa shape index (κ1) is 28.6. The minimum atomic E-state index is 0.844. The Labute approximate surface area is 260 Å². The first-order valence-corrected chi connectivity index (χ1v) is 14.9. The van der Waals surface area contributed by atoms with Crippen LogP contribution in [0.4, 0.5) is 28.4 Å². The number of methoxy groups -OCH3 is 1. The Kier molecular flexibility index (Phi) is 8.56. The number of hydrogen-bond donors (Lipinski definition) is 1. The summed E-state index contributed by atoms with van der Waals surface area (Å²) in [6.07, 6.45) is 8.52. The summed E-state index contributed by atoms with van der Waals surface area (Å²) < 4.78 is 5.29. The monoisotopic (exact) mass is 572 g/mol. The Balaban J connectivity index is 1.19. The molecule has 6 aromatic rings. The van der Waals surface area contributed by atoms with Crippen LogP contribution < -0.4 is 15.0 Å². The summed E-state index contributed by atoms with van der Waals surface area (Å²) in [5, 5.41) is 5.93. The maximum absolute atomic E-state index is 5.29. The molecule has 44 heavy (non-hydrogen) atoms. The maximum Gasteiger partial charge on any atom is 0.119 e. The first-order valence-electron chi connectivity index (χ1n) is 14.9. The van der Waals surface area contributed by atoms with Crippen molar-refractivity contribution in [2.75, 3.05) is 17.3 Å². The number of anilines is 5. The number of fused-ring (bicyclic) bond motifs is 1. The van der Waals surface area contributed by atoms with E-state index in [-0.39, 0.29) is 0 Å². The van der Waals surface area contributed by atoms with E-state index >= 15 is 0 Å². The smallest absolute Gasteiger partial charge is 0.119 e. The van der Waals surface area contributed by atoms with E-state index in [1.807, 2.05) is 24.3 Å². The van der Waals surface area contributed by atoms with Crippen LogP contribution in [0.25, 0.3) is 22.9 Å². The predicted molar refractivity (Wildman–Crippen MR) is 189 cm³/mol. The SMILES string of the molecule is COc1ccc(Nc2ccc(/C=C/C=C/c3ccc(N(c4ccc(C)cc4)c4ccc(C)cc4)cc3)c3ccccc23)cc1. The average molecular weight is 573 g/mol. The third kappa shape index (κ3) is 6.58. The molecule has 0 aliphatic heterocycles. The van der Waals surface area contributed by atoms with Crippen molar-refractivity contribution in [1.29, 1.82) is 0 Å². The van der Waals surface area contributed by atoms with E-state index < -0.39 is 0 Å². The Morgan fingerprint density at radius 3 is 1.68 bits per heavy atom. The van der Waals surface area contributed by atoms with Gasteiger partial charge in [-0.25, -0.2) is 0 Å². The molecule has 0 unspecified atom stereocenters. The molecule has 216 valence electrons. The topological polar surface area (TPSA) is 24.5 Å². The molecule has 0 saturated carbocycles. The molecule has 0 aromatic heterocycles. The first-order chi connectivity index (χ1) is 21.6. The molecule has 0 amide bonds. The third-order valence-electron chi connectivity index (χ3n) is 7.74. The second kappa shape index (κ2) is 13.2. The lowest BCUT2D eigenvalue weighted by atomic mass is 10.0. The highest BCUT2D eigenvalue weighted by Crippen LogP contribution is 2.35. The van der Waals surface area contributed by atoms with E-state index in [2.05, 4.69) is 158 Å². The molecule has 0 aliphatic rings. The van der Waals surface area contributed by atoms with Gasteiger partial charge in [0.25, 0.3) is 0 Å². The van der Waals surface area contributed by atoms with Gasteiger partial charge in [0.1, 0.15) is 5.75 Å².